The van der Waals surface area contributed by atoms with Crippen LogP contribution < -0.4 is 0 Å². The second kappa shape index (κ2) is 3.99. The number of hydrogen-bond acceptors (Lipinski definition) is 3. The molecule has 1 aromatic carbocycles. The van der Waals surface area contributed by atoms with Crippen molar-refractivity contribution in [3.05, 3.63) is 36.3 Å². The first-order valence-electron chi connectivity index (χ1n) is 5.42. The first kappa shape index (κ1) is 10.5. The number of carbonyl (C=O) groups is 1. The molecule has 0 atom stereocenters. The predicted octanol–water partition coefficient (Wildman–Crippen LogP) is 1.58. The van der Waals surface area contributed by atoms with Crippen molar-refractivity contribution in [1.82, 2.24) is 20.2 Å². The van der Waals surface area contributed by atoms with E-state index in [0.717, 1.165) is 22.3 Å². The van der Waals surface area contributed by atoms with Gasteiger partial charge in [0.05, 0.1) is 29.5 Å². The lowest BCUT2D eigenvalue weighted by molar-refractivity contribution is -0.136. The molecule has 0 aliphatic heterocycles. The minimum Gasteiger partial charge on any atom is -0.481 e. The summed E-state index contributed by atoms with van der Waals surface area (Å²) in [5.74, 6) is -0.880. The fourth-order valence-corrected chi connectivity index (χ4v) is 1.86. The van der Waals surface area contributed by atoms with Crippen molar-refractivity contribution in [2.24, 2.45) is 0 Å². The Labute approximate surface area is 102 Å². The van der Waals surface area contributed by atoms with Crippen molar-refractivity contribution < 1.29 is 9.90 Å². The number of H-pyrrole nitrogens is 2. The number of nitrogens with one attached hydrogen (secondary N) is 2. The second-order valence-corrected chi connectivity index (χ2v) is 3.98. The highest BCUT2D eigenvalue weighted by Crippen LogP contribution is 2.21. The van der Waals surface area contributed by atoms with Crippen LogP contribution in [0.1, 0.15) is 5.69 Å². The van der Waals surface area contributed by atoms with Crippen LogP contribution >= 0.6 is 0 Å². The molecule has 3 aromatic rings. The maximum Gasteiger partial charge on any atom is 0.309 e. The number of aliphatic carboxylic acids is 1. The average Bonchev–Trinajstić information content (AvgIpc) is 2.95. The number of hydrogen-bond donors (Lipinski definition) is 3. The van der Waals surface area contributed by atoms with Crippen LogP contribution in [-0.4, -0.2) is 31.2 Å². The molecule has 0 spiro atoms. The number of carboxylic acids is 1. The Balaban J connectivity index is 1.97. The zero-order valence-corrected chi connectivity index (χ0v) is 9.34. The summed E-state index contributed by atoms with van der Waals surface area (Å²) in [6.07, 6.45) is 1.58. The van der Waals surface area contributed by atoms with Gasteiger partial charge in [0.15, 0.2) is 0 Å². The zero-order chi connectivity index (χ0) is 12.5. The first-order valence-corrected chi connectivity index (χ1v) is 5.42. The molecule has 6 heteroatoms. The molecule has 0 fully saturated rings. The van der Waals surface area contributed by atoms with Crippen LogP contribution in [0.4, 0.5) is 0 Å². The van der Waals surface area contributed by atoms with E-state index in [1.54, 1.807) is 12.4 Å². The summed E-state index contributed by atoms with van der Waals surface area (Å²) in [4.78, 5) is 17.8. The van der Waals surface area contributed by atoms with Crippen LogP contribution in [0.15, 0.2) is 30.6 Å². The summed E-state index contributed by atoms with van der Waals surface area (Å²) >= 11 is 0. The molecule has 3 rings (SSSR count). The molecule has 0 radical (unpaired) electrons. The van der Waals surface area contributed by atoms with Gasteiger partial charge in [-0.1, -0.05) is 6.07 Å². The molecule has 3 N–H and O–H groups in total. The molecule has 0 saturated carbocycles. The van der Waals surface area contributed by atoms with Crippen LogP contribution in [-0.2, 0) is 11.2 Å². The normalized spacial score (nSPS) is 10.9. The van der Waals surface area contributed by atoms with E-state index in [0.29, 0.717) is 5.69 Å². The molecule has 2 heterocycles. The number of benzene rings is 1. The summed E-state index contributed by atoms with van der Waals surface area (Å²) in [5, 5.41) is 15.5. The predicted molar refractivity (Wildman–Crippen MR) is 65.0 cm³/mol. The lowest BCUT2D eigenvalue weighted by Gasteiger charge is -1.95. The zero-order valence-electron chi connectivity index (χ0n) is 9.34. The minimum atomic E-state index is -0.880. The molecule has 0 aliphatic carbocycles. The highest BCUT2D eigenvalue weighted by molar-refractivity contribution is 5.80. The van der Waals surface area contributed by atoms with E-state index in [9.17, 15) is 4.79 Å². The number of carboxylic acid groups (broad SMARTS) is 1. The summed E-state index contributed by atoms with van der Waals surface area (Å²) < 4.78 is 0. The van der Waals surface area contributed by atoms with Crippen molar-refractivity contribution in [3.8, 4) is 11.3 Å². The number of fused-ring (bicyclic) bond motifs is 1. The number of imidazole rings is 1. The van der Waals surface area contributed by atoms with Gasteiger partial charge in [-0.2, -0.15) is 5.10 Å². The Kier molecular flexibility index (Phi) is 2.33. The minimum absolute atomic E-state index is 0.0562. The fourth-order valence-electron chi connectivity index (χ4n) is 1.86. The molecular weight excluding hydrogens is 232 g/mol. The number of aromatic amines is 2. The van der Waals surface area contributed by atoms with Crippen LogP contribution in [0.5, 0.6) is 0 Å². The molecule has 2 aromatic heterocycles. The van der Waals surface area contributed by atoms with Crippen molar-refractivity contribution >= 4 is 17.0 Å². The molecular formula is C12H10N4O2. The van der Waals surface area contributed by atoms with Crippen LogP contribution in [0.2, 0.25) is 0 Å². The van der Waals surface area contributed by atoms with E-state index < -0.39 is 5.97 Å². The molecule has 0 amide bonds. The van der Waals surface area contributed by atoms with Gasteiger partial charge in [0.1, 0.15) is 0 Å². The van der Waals surface area contributed by atoms with Gasteiger partial charge in [-0.05, 0) is 18.2 Å². The van der Waals surface area contributed by atoms with E-state index in [1.807, 2.05) is 18.2 Å². The summed E-state index contributed by atoms with van der Waals surface area (Å²) in [7, 11) is 0. The van der Waals surface area contributed by atoms with Crippen LogP contribution in [0.25, 0.3) is 22.3 Å². The third-order valence-electron chi connectivity index (χ3n) is 2.69. The maximum atomic E-state index is 10.6. The molecule has 90 valence electrons. The lowest BCUT2D eigenvalue weighted by Crippen LogP contribution is -1.99. The van der Waals surface area contributed by atoms with Crippen molar-refractivity contribution in [3.63, 3.8) is 0 Å². The van der Waals surface area contributed by atoms with Gasteiger partial charge < -0.3 is 10.1 Å². The van der Waals surface area contributed by atoms with Crippen LogP contribution in [0.3, 0.4) is 0 Å². The van der Waals surface area contributed by atoms with E-state index in [-0.39, 0.29) is 6.42 Å². The van der Waals surface area contributed by atoms with Gasteiger partial charge in [-0.3, -0.25) is 9.89 Å². The largest absolute Gasteiger partial charge is 0.481 e. The van der Waals surface area contributed by atoms with Crippen molar-refractivity contribution in [1.29, 1.82) is 0 Å². The number of aromatic nitrogens is 4. The van der Waals surface area contributed by atoms with Crippen molar-refractivity contribution in [2.75, 3.05) is 0 Å². The van der Waals surface area contributed by atoms with E-state index in [2.05, 4.69) is 20.2 Å². The maximum absolute atomic E-state index is 10.6. The molecule has 18 heavy (non-hydrogen) atoms. The third-order valence-corrected chi connectivity index (χ3v) is 2.69. The van der Waals surface area contributed by atoms with Gasteiger partial charge in [-0.25, -0.2) is 4.98 Å². The third kappa shape index (κ3) is 1.84. The Morgan fingerprint density at radius 2 is 2.22 bits per heavy atom. The quantitative estimate of drug-likeness (QED) is 0.649. The average molecular weight is 242 g/mol. The molecule has 6 nitrogen and oxygen atoms in total. The first-order chi connectivity index (χ1) is 8.72. The fraction of sp³-hybridized carbons (Fsp3) is 0.0833. The summed E-state index contributed by atoms with van der Waals surface area (Å²) in [6, 6.07) is 7.48. The molecule has 0 bridgehead atoms. The Bertz CT molecular complexity index is 714. The topological polar surface area (TPSA) is 94.7 Å². The smallest absolute Gasteiger partial charge is 0.309 e. The number of nitrogens with zero attached hydrogens (tertiary/aromatic N) is 2. The SMILES string of the molecule is O=C(O)Cc1cc(-c2ccc3nc[nH]c3c2)n[nH]1. The van der Waals surface area contributed by atoms with Gasteiger partial charge in [0, 0.05) is 11.3 Å². The second-order valence-electron chi connectivity index (χ2n) is 3.98. The highest BCUT2D eigenvalue weighted by Gasteiger charge is 2.08. The van der Waals surface area contributed by atoms with E-state index >= 15 is 0 Å². The van der Waals surface area contributed by atoms with Gasteiger partial charge in [0.2, 0.25) is 0 Å². The number of rotatable bonds is 3. The van der Waals surface area contributed by atoms with Crippen molar-refractivity contribution in [2.45, 2.75) is 6.42 Å². The summed E-state index contributed by atoms with van der Waals surface area (Å²) in [6.45, 7) is 0. The molecule has 0 unspecified atom stereocenters. The van der Waals surface area contributed by atoms with Gasteiger partial charge >= 0.3 is 5.97 Å². The Morgan fingerprint density at radius 3 is 3.06 bits per heavy atom. The highest BCUT2D eigenvalue weighted by atomic mass is 16.4. The summed E-state index contributed by atoms with van der Waals surface area (Å²) in [5.41, 5.74) is 4.04. The van der Waals surface area contributed by atoms with E-state index in [4.69, 9.17) is 5.11 Å². The monoisotopic (exact) mass is 242 g/mol. The van der Waals surface area contributed by atoms with E-state index in [1.165, 1.54) is 0 Å². The standard InChI is InChI=1S/C12H10N4O2/c17-12(18)5-8-4-10(16-15-8)7-1-2-9-11(3-7)14-6-13-9/h1-4,6H,5H2,(H,13,14)(H,15,16)(H,17,18). The molecule has 0 saturated heterocycles. The Hall–Kier alpha value is -2.63. The van der Waals surface area contributed by atoms with Gasteiger partial charge in [-0.15, -0.1) is 0 Å². The van der Waals surface area contributed by atoms with Crippen LogP contribution in [0, 0.1) is 0 Å². The lowest BCUT2D eigenvalue weighted by atomic mass is 10.1. The molecule has 0 aliphatic rings. The van der Waals surface area contributed by atoms with Gasteiger partial charge in [0.25, 0.3) is 0 Å². The Morgan fingerprint density at radius 1 is 1.33 bits per heavy atom.